The summed E-state index contributed by atoms with van der Waals surface area (Å²) in [5, 5.41) is 0. The second kappa shape index (κ2) is 3.81. The van der Waals surface area contributed by atoms with Crippen molar-refractivity contribution in [2.45, 2.75) is 13.8 Å². The van der Waals surface area contributed by atoms with E-state index in [1.54, 1.807) is 6.20 Å². The lowest BCUT2D eigenvalue weighted by Gasteiger charge is -2.11. The summed E-state index contributed by atoms with van der Waals surface area (Å²) in [5.41, 5.74) is 1.90. The van der Waals surface area contributed by atoms with Gasteiger partial charge in [0, 0.05) is 17.8 Å². The van der Waals surface area contributed by atoms with Crippen molar-refractivity contribution in [1.29, 1.82) is 0 Å². The monoisotopic (exact) mass is 198 g/mol. The number of aliphatic imine (C=N–C) groups is 1. The van der Waals surface area contributed by atoms with Crippen LogP contribution in [0.1, 0.15) is 19.5 Å². The van der Waals surface area contributed by atoms with E-state index in [0.717, 1.165) is 11.4 Å². The maximum absolute atomic E-state index is 4.38. The van der Waals surface area contributed by atoms with Gasteiger partial charge in [0.2, 0.25) is 0 Å². The molecule has 1 aromatic heterocycles. The van der Waals surface area contributed by atoms with Gasteiger partial charge in [-0.05, 0) is 18.2 Å². The topological polar surface area (TPSA) is 25.2 Å². The first kappa shape index (κ1) is 9.84. The molecule has 0 aliphatic carbocycles. The molecule has 2 rings (SSSR count). The Morgan fingerprint density at radius 3 is 2.73 bits per heavy atom. The van der Waals surface area contributed by atoms with E-state index in [0.29, 0.717) is 0 Å². The molecule has 0 aromatic carbocycles. The zero-order valence-electron chi connectivity index (χ0n) is 9.01. The standard InChI is InChI=1S/C13H14N2/c1-13(2)7-6-12(15-10-8-13)11-5-3-4-9-14-11/h3-10H,1-2H3. The molecular formula is C13H14N2. The van der Waals surface area contributed by atoms with Crippen LogP contribution in [-0.4, -0.2) is 10.7 Å². The summed E-state index contributed by atoms with van der Waals surface area (Å²) < 4.78 is 0. The van der Waals surface area contributed by atoms with Gasteiger partial charge in [-0.15, -0.1) is 0 Å². The van der Waals surface area contributed by atoms with Gasteiger partial charge in [-0.25, -0.2) is 0 Å². The van der Waals surface area contributed by atoms with E-state index in [1.807, 2.05) is 30.5 Å². The maximum atomic E-state index is 4.38. The Morgan fingerprint density at radius 2 is 2.00 bits per heavy atom. The highest BCUT2D eigenvalue weighted by Gasteiger charge is 2.12. The van der Waals surface area contributed by atoms with E-state index in [-0.39, 0.29) is 5.41 Å². The number of pyridine rings is 1. The van der Waals surface area contributed by atoms with Crippen LogP contribution in [-0.2, 0) is 0 Å². The molecule has 0 spiro atoms. The van der Waals surface area contributed by atoms with Crippen LogP contribution < -0.4 is 0 Å². The van der Waals surface area contributed by atoms with Crippen molar-refractivity contribution in [3.63, 3.8) is 0 Å². The largest absolute Gasteiger partial charge is 0.255 e. The van der Waals surface area contributed by atoms with E-state index < -0.39 is 0 Å². The summed E-state index contributed by atoms with van der Waals surface area (Å²) >= 11 is 0. The second-order valence-electron chi connectivity index (χ2n) is 4.20. The van der Waals surface area contributed by atoms with Crippen molar-refractivity contribution in [3.05, 3.63) is 54.5 Å². The van der Waals surface area contributed by atoms with Gasteiger partial charge in [0.05, 0.1) is 11.4 Å². The number of hydrogen-bond donors (Lipinski definition) is 0. The predicted octanol–water partition coefficient (Wildman–Crippen LogP) is 2.98. The van der Waals surface area contributed by atoms with Gasteiger partial charge in [0.15, 0.2) is 0 Å². The van der Waals surface area contributed by atoms with Gasteiger partial charge in [0.1, 0.15) is 0 Å². The summed E-state index contributed by atoms with van der Waals surface area (Å²) in [6.45, 7) is 4.30. The summed E-state index contributed by atoms with van der Waals surface area (Å²) in [6, 6.07) is 5.85. The van der Waals surface area contributed by atoms with E-state index in [9.17, 15) is 0 Å². The zero-order chi connectivity index (χ0) is 10.7. The fourth-order valence-electron chi connectivity index (χ4n) is 1.37. The number of nitrogens with zero attached hydrogens (tertiary/aromatic N) is 2. The van der Waals surface area contributed by atoms with Crippen LogP contribution in [0.4, 0.5) is 0 Å². The van der Waals surface area contributed by atoms with Crippen molar-refractivity contribution in [3.8, 4) is 0 Å². The van der Waals surface area contributed by atoms with Crippen LogP contribution in [0.15, 0.2) is 53.8 Å². The molecule has 15 heavy (non-hydrogen) atoms. The van der Waals surface area contributed by atoms with Crippen molar-refractivity contribution in [2.24, 2.45) is 10.4 Å². The van der Waals surface area contributed by atoms with E-state index in [2.05, 4.69) is 36.0 Å². The van der Waals surface area contributed by atoms with Crippen LogP contribution in [0.5, 0.6) is 0 Å². The van der Waals surface area contributed by atoms with Crippen LogP contribution in [0, 0.1) is 5.41 Å². The number of hydrogen-bond acceptors (Lipinski definition) is 2. The van der Waals surface area contributed by atoms with Gasteiger partial charge in [-0.2, -0.15) is 0 Å². The molecule has 76 valence electrons. The highest BCUT2D eigenvalue weighted by molar-refractivity contribution is 6.07. The molecule has 0 fully saturated rings. The van der Waals surface area contributed by atoms with Gasteiger partial charge in [-0.3, -0.25) is 9.98 Å². The quantitative estimate of drug-likeness (QED) is 0.681. The molecular weight excluding hydrogens is 184 g/mol. The Balaban J connectivity index is 2.34. The minimum Gasteiger partial charge on any atom is -0.255 e. The molecule has 2 heteroatoms. The molecule has 1 aromatic rings. The lowest BCUT2D eigenvalue weighted by atomic mass is 9.93. The molecule has 0 atom stereocenters. The molecule has 2 nitrogen and oxygen atoms in total. The zero-order valence-corrected chi connectivity index (χ0v) is 9.01. The van der Waals surface area contributed by atoms with Gasteiger partial charge in [-0.1, -0.05) is 32.1 Å². The third-order valence-electron chi connectivity index (χ3n) is 2.32. The molecule has 1 aliphatic rings. The lowest BCUT2D eigenvalue weighted by molar-refractivity contribution is 0.626. The van der Waals surface area contributed by atoms with Crippen molar-refractivity contribution in [1.82, 2.24) is 4.98 Å². The highest BCUT2D eigenvalue weighted by atomic mass is 14.8. The SMILES string of the molecule is CC1(C)C=CN=C(c2ccccn2)C=C1. The smallest absolute Gasteiger partial charge is 0.0885 e. The average molecular weight is 198 g/mol. The van der Waals surface area contributed by atoms with Crippen LogP contribution in [0.25, 0.3) is 0 Å². The molecule has 1 aliphatic heterocycles. The number of allylic oxidation sites excluding steroid dienone is 3. The lowest BCUT2D eigenvalue weighted by Crippen LogP contribution is -2.02. The Morgan fingerprint density at radius 1 is 1.13 bits per heavy atom. The Bertz CT molecular complexity index is 425. The molecule has 0 N–H and O–H groups in total. The van der Waals surface area contributed by atoms with Gasteiger partial charge in [0.25, 0.3) is 0 Å². The van der Waals surface area contributed by atoms with E-state index in [4.69, 9.17) is 0 Å². The summed E-state index contributed by atoms with van der Waals surface area (Å²) in [5.74, 6) is 0. The second-order valence-corrected chi connectivity index (χ2v) is 4.20. The first-order valence-corrected chi connectivity index (χ1v) is 5.03. The van der Waals surface area contributed by atoms with E-state index >= 15 is 0 Å². The fourth-order valence-corrected chi connectivity index (χ4v) is 1.37. The molecule has 0 amide bonds. The minimum absolute atomic E-state index is 0.0695. The molecule has 0 saturated heterocycles. The Hall–Kier alpha value is -1.70. The normalized spacial score (nSPS) is 18.4. The molecule has 2 heterocycles. The number of aromatic nitrogens is 1. The summed E-state index contributed by atoms with van der Waals surface area (Å²) in [6.07, 6.45) is 9.89. The van der Waals surface area contributed by atoms with Crippen LogP contribution >= 0.6 is 0 Å². The van der Waals surface area contributed by atoms with Crippen molar-refractivity contribution in [2.75, 3.05) is 0 Å². The molecule has 0 saturated carbocycles. The minimum atomic E-state index is 0.0695. The summed E-state index contributed by atoms with van der Waals surface area (Å²) in [7, 11) is 0. The molecule has 0 unspecified atom stereocenters. The van der Waals surface area contributed by atoms with E-state index in [1.165, 1.54) is 0 Å². The Labute approximate surface area is 90.1 Å². The van der Waals surface area contributed by atoms with Crippen LogP contribution in [0.3, 0.4) is 0 Å². The Kier molecular flexibility index (Phi) is 2.50. The third-order valence-corrected chi connectivity index (χ3v) is 2.32. The molecule has 0 radical (unpaired) electrons. The molecule has 0 bridgehead atoms. The maximum Gasteiger partial charge on any atom is 0.0885 e. The highest BCUT2D eigenvalue weighted by Crippen LogP contribution is 2.21. The van der Waals surface area contributed by atoms with Gasteiger partial charge < -0.3 is 0 Å². The fraction of sp³-hybridized carbons (Fsp3) is 0.231. The predicted molar refractivity (Wildman–Crippen MR) is 62.8 cm³/mol. The summed E-state index contributed by atoms with van der Waals surface area (Å²) in [4.78, 5) is 8.65. The van der Waals surface area contributed by atoms with Gasteiger partial charge >= 0.3 is 0 Å². The first-order chi connectivity index (χ1) is 7.17. The number of rotatable bonds is 1. The van der Waals surface area contributed by atoms with Crippen molar-refractivity contribution < 1.29 is 0 Å². The first-order valence-electron chi connectivity index (χ1n) is 5.03. The van der Waals surface area contributed by atoms with Crippen LogP contribution in [0.2, 0.25) is 0 Å². The third kappa shape index (κ3) is 2.40. The van der Waals surface area contributed by atoms with Crippen molar-refractivity contribution >= 4 is 5.71 Å². The average Bonchev–Trinajstić information content (AvgIpc) is 2.41.